The Morgan fingerprint density at radius 2 is 1.88 bits per heavy atom. The van der Waals surface area contributed by atoms with Crippen LogP contribution < -0.4 is 14.2 Å². The Hall–Kier alpha value is -2.21. The molecule has 1 fully saturated rings. The van der Waals surface area contributed by atoms with Crippen LogP contribution in [0.3, 0.4) is 0 Å². The van der Waals surface area contributed by atoms with Gasteiger partial charge in [0.15, 0.2) is 11.5 Å². The number of rotatable bonds is 6. The molecule has 0 bridgehead atoms. The number of H-pyrrole nitrogens is 1. The first-order valence-electron chi connectivity index (χ1n) is 8.28. The zero-order valence-electron chi connectivity index (χ0n) is 14.5. The Labute approximate surface area is 142 Å². The molecule has 2 heterocycles. The van der Waals surface area contributed by atoms with Crippen molar-refractivity contribution >= 4 is 0 Å². The first kappa shape index (κ1) is 16.6. The molecule has 6 nitrogen and oxygen atoms in total. The zero-order valence-corrected chi connectivity index (χ0v) is 14.5. The SMILES string of the molecule is COc1cc(CN2CCCC[C@@H]2c2cn[nH]c2)cc(OC)c1OC. The van der Waals surface area contributed by atoms with E-state index in [0.717, 1.165) is 25.1 Å². The lowest BCUT2D eigenvalue weighted by atomic mass is 9.96. The summed E-state index contributed by atoms with van der Waals surface area (Å²) in [6, 6.07) is 4.46. The van der Waals surface area contributed by atoms with Crippen molar-refractivity contribution in [2.24, 2.45) is 0 Å². The minimum atomic E-state index is 0.400. The van der Waals surface area contributed by atoms with Gasteiger partial charge in [-0.1, -0.05) is 6.42 Å². The average molecular weight is 331 g/mol. The quantitative estimate of drug-likeness (QED) is 0.881. The fraction of sp³-hybridized carbons (Fsp3) is 0.500. The van der Waals surface area contributed by atoms with Crippen LogP contribution in [0.15, 0.2) is 24.5 Å². The summed E-state index contributed by atoms with van der Waals surface area (Å²) >= 11 is 0. The van der Waals surface area contributed by atoms with Crippen molar-refractivity contribution in [2.45, 2.75) is 31.8 Å². The second kappa shape index (κ2) is 7.57. The first-order chi connectivity index (χ1) is 11.8. The van der Waals surface area contributed by atoms with E-state index in [2.05, 4.69) is 15.1 Å². The highest BCUT2D eigenvalue weighted by molar-refractivity contribution is 5.53. The first-order valence-corrected chi connectivity index (χ1v) is 8.28. The number of aromatic nitrogens is 2. The van der Waals surface area contributed by atoms with Crippen molar-refractivity contribution in [3.63, 3.8) is 0 Å². The summed E-state index contributed by atoms with van der Waals surface area (Å²) in [4.78, 5) is 2.50. The molecule has 0 saturated carbocycles. The van der Waals surface area contributed by atoms with Gasteiger partial charge in [0.05, 0.1) is 27.5 Å². The molecule has 1 aliphatic heterocycles. The van der Waals surface area contributed by atoms with Gasteiger partial charge in [0, 0.05) is 24.3 Å². The van der Waals surface area contributed by atoms with Gasteiger partial charge in [0.1, 0.15) is 0 Å². The second-order valence-corrected chi connectivity index (χ2v) is 6.05. The molecule has 0 spiro atoms. The molecular formula is C18H25N3O3. The van der Waals surface area contributed by atoms with Crippen molar-refractivity contribution in [3.8, 4) is 17.2 Å². The van der Waals surface area contributed by atoms with E-state index in [1.54, 1.807) is 21.3 Å². The molecule has 130 valence electrons. The van der Waals surface area contributed by atoms with E-state index in [0.29, 0.717) is 23.3 Å². The maximum absolute atomic E-state index is 5.47. The summed E-state index contributed by atoms with van der Waals surface area (Å²) in [6.07, 6.45) is 7.56. The summed E-state index contributed by atoms with van der Waals surface area (Å²) in [5.41, 5.74) is 2.40. The molecule has 1 aliphatic rings. The molecule has 1 saturated heterocycles. The number of aromatic amines is 1. The van der Waals surface area contributed by atoms with Crippen molar-refractivity contribution in [3.05, 3.63) is 35.7 Å². The largest absolute Gasteiger partial charge is 0.493 e. The third-order valence-corrected chi connectivity index (χ3v) is 4.63. The number of benzene rings is 1. The topological polar surface area (TPSA) is 59.6 Å². The smallest absolute Gasteiger partial charge is 0.203 e. The number of hydrogen-bond acceptors (Lipinski definition) is 5. The lowest BCUT2D eigenvalue weighted by Crippen LogP contribution is -2.32. The number of ether oxygens (including phenoxy) is 3. The van der Waals surface area contributed by atoms with Crippen LogP contribution >= 0.6 is 0 Å². The van der Waals surface area contributed by atoms with E-state index in [1.165, 1.54) is 18.4 Å². The van der Waals surface area contributed by atoms with E-state index < -0.39 is 0 Å². The fourth-order valence-electron chi connectivity index (χ4n) is 3.46. The predicted octanol–water partition coefficient (Wildman–Crippen LogP) is 3.16. The number of nitrogens with zero attached hydrogens (tertiary/aromatic N) is 2. The Kier molecular flexibility index (Phi) is 5.25. The Balaban J connectivity index is 1.86. The fourth-order valence-corrected chi connectivity index (χ4v) is 3.46. The number of methoxy groups -OCH3 is 3. The molecule has 2 aromatic rings. The summed E-state index contributed by atoms with van der Waals surface area (Å²) in [7, 11) is 4.92. The minimum absolute atomic E-state index is 0.400. The van der Waals surface area contributed by atoms with Gasteiger partial charge in [-0.25, -0.2) is 0 Å². The lowest BCUT2D eigenvalue weighted by molar-refractivity contribution is 0.140. The van der Waals surface area contributed by atoms with Crippen LogP contribution in [0.2, 0.25) is 0 Å². The van der Waals surface area contributed by atoms with E-state index in [4.69, 9.17) is 14.2 Å². The number of nitrogens with one attached hydrogen (secondary N) is 1. The molecule has 24 heavy (non-hydrogen) atoms. The zero-order chi connectivity index (χ0) is 16.9. The van der Waals surface area contributed by atoms with Gasteiger partial charge in [0.25, 0.3) is 0 Å². The Bertz CT molecular complexity index is 633. The maximum Gasteiger partial charge on any atom is 0.203 e. The van der Waals surface area contributed by atoms with Gasteiger partial charge in [-0.15, -0.1) is 0 Å². The Morgan fingerprint density at radius 1 is 1.12 bits per heavy atom. The normalized spacial score (nSPS) is 18.4. The third kappa shape index (κ3) is 3.33. The molecule has 0 radical (unpaired) electrons. The van der Waals surface area contributed by atoms with Gasteiger partial charge in [-0.3, -0.25) is 10.00 Å². The number of hydrogen-bond donors (Lipinski definition) is 1. The minimum Gasteiger partial charge on any atom is -0.493 e. The molecule has 1 atom stereocenters. The van der Waals surface area contributed by atoms with Crippen LogP contribution in [0.25, 0.3) is 0 Å². The van der Waals surface area contributed by atoms with Crippen LogP contribution in [0.4, 0.5) is 0 Å². The van der Waals surface area contributed by atoms with Gasteiger partial charge in [-0.2, -0.15) is 5.10 Å². The second-order valence-electron chi connectivity index (χ2n) is 6.05. The third-order valence-electron chi connectivity index (χ3n) is 4.63. The number of likely N-dealkylation sites (tertiary alicyclic amines) is 1. The predicted molar refractivity (Wildman–Crippen MR) is 91.7 cm³/mol. The summed E-state index contributed by atoms with van der Waals surface area (Å²) in [5.74, 6) is 2.03. The van der Waals surface area contributed by atoms with Crippen molar-refractivity contribution < 1.29 is 14.2 Å². The van der Waals surface area contributed by atoms with Crippen LogP contribution in [-0.4, -0.2) is 43.0 Å². The summed E-state index contributed by atoms with van der Waals surface area (Å²) in [5, 5.41) is 7.04. The molecule has 0 amide bonds. The molecule has 1 aromatic heterocycles. The maximum atomic E-state index is 5.47. The highest BCUT2D eigenvalue weighted by atomic mass is 16.5. The molecule has 6 heteroatoms. The average Bonchev–Trinajstić information content (AvgIpc) is 3.15. The van der Waals surface area contributed by atoms with Crippen molar-refractivity contribution in [2.75, 3.05) is 27.9 Å². The van der Waals surface area contributed by atoms with Crippen molar-refractivity contribution in [1.29, 1.82) is 0 Å². The van der Waals surface area contributed by atoms with E-state index >= 15 is 0 Å². The summed E-state index contributed by atoms with van der Waals surface area (Å²) in [6.45, 7) is 1.92. The number of piperidine rings is 1. The van der Waals surface area contributed by atoms with Gasteiger partial charge >= 0.3 is 0 Å². The molecule has 1 aromatic carbocycles. The standard InChI is InChI=1S/C18H25N3O3/c1-22-16-8-13(9-17(23-2)18(16)24-3)12-21-7-5-4-6-15(21)14-10-19-20-11-14/h8-11,15H,4-7,12H2,1-3H3,(H,19,20)/t15-/m1/s1. The molecular weight excluding hydrogens is 306 g/mol. The van der Waals surface area contributed by atoms with Gasteiger partial charge in [-0.05, 0) is 37.1 Å². The summed E-state index contributed by atoms with van der Waals surface area (Å²) < 4.78 is 16.3. The monoisotopic (exact) mass is 331 g/mol. The van der Waals surface area contributed by atoms with E-state index in [1.807, 2.05) is 24.5 Å². The van der Waals surface area contributed by atoms with Crippen LogP contribution in [0.1, 0.15) is 36.4 Å². The lowest BCUT2D eigenvalue weighted by Gasteiger charge is -2.35. The highest BCUT2D eigenvalue weighted by Crippen LogP contribution is 2.39. The molecule has 0 aliphatic carbocycles. The van der Waals surface area contributed by atoms with Crippen molar-refractivity contribution in [1.82, 2.24) is 15.1 Å². The molecule has 0 unspecified atom stereocenters. The van der Waals surface area contributed by atoms with Crippen LogP contribution in [-0.2, 0) is 6.54 Å². The van der Waals surface area contributed by atoms with E-state index in [9.17, 15) is 0 Å². The molecule has 1 N–H and O–H groups in total. The van der Waals surface area contributed by atoms with Crippen LogP contribution in [0, 0.1) is 0 Å². The molecule has 3 rings (SSSR count). The van der Waals surface area contributed by atoms with Crippen LogP contribution in [0.5, 0.6) is 17.2 Å². The van der Waals surface area contributed by atoms with Gasteiger partial charge < -0.3 is 14.2 Å². The Morgan fingerprint density at radius 3 is 2.46 bits per heavy atom. The van der Waals surface area contributed by atoms with E-state index in [-0.39, 0.29) is 0 Å². The highest BCUT2D eigenvalue weighted by Gasteiger charge is 2.25. The van der Waals surface area contributed by atoms with Gasteiger partial charge in [0.2, 0.25) is 5.75 Å².